The number of nitrogens with one attached hydrogen (secondary N) is 1. The number of aryl methyl sites for hydroxylation is 2. The molecule has 1 fully saturated rings. The van der Waals surface area contributed by atoms with E-state index in [1.54, 1.807) is 0 Å². The first-order valence-electron chi connectivity index (χ1n) is 9.84. The van der Waals surface area contributed by atoms with Gasteiger partial charge in [0.25, 0.3) is 5.91 Å². The van der Waals surface area contributed by atoms with E-state index in [0.29, 0.717) is 43.1 Å². The van der Waals surface area contributed by atoms with Gasteiger partial charge in [-0.2, -0.15) is 5.10 Å². The Hall–Kier alpha value is -2.34. The summed E-state index contributed by atoms with van der Waals surface area (Å²) in [6.07, 6.45) is 4.15. The molecule has 0 saturated carbocycles. The maximum absolute atomic E-state index is 12.8. The van der Waals surface area contributed by atoms with Crippen molar-refractivity contribution in [2.24, 2.45) is 5.92 Å². The Kier molecular flexibility index (Phi) is 6.73. The highest BCUT2D eigenvalue weighted by Crippen LogP contribution is 2.21. The van der Waals surface area contributed by atoms with Gasteiger partial charge in [-0.15, -0.1) is 0 Å². The SMILES string of the molecule is CCCn1cc(C(=O)N2CCC(C(=O)NCc3ccccc3Cl)CC2)c(C)n1. The molecule has 1 aromatic carbocycles. The molecule has 150 valence electrons. The van der Waals surface area contributed by atoms with Crippen molar-refractivity contribution in [2.75, 3.05) is 13.1 Å². The Balaban J connectivity index is 1.51. The van der Waals surface area contributed by atoms with E-state index in [4.69, 9.17) is 11.6 Å². The molecule has 1 N–H and O–H groups in total. The lowest BCUT2D eigenvalue weighted by Gasteiger charge is -2.31. The molecule has 28 heavy (non-hydrogen) atoms. The van der Waals surface area contributed by atoms with Gasteiger partial charge in [0.15, 0.2) is 0 Å². The first-order chi connectivity index (χ1) is 13.5. The van der Waals surface area contributed by atoms with E-state index in [2.05, 4.69) is 17.3 Å². The van der Waals surface area contributed by atoms with E-state index in [0.717, 1.165) is 24.2 Å². The molecule has 1 aromatic heterocycles. The van der Waals surface area contributed by atoms with E-state index in [-0.39, 0.29) is 17.7 Å². The predicted octanol–water partition coefficient (Wildman–Crippen LogP) is 3.42. The molecule has 2 aromatic rings. The second-order valence-corrected chi connectivity index (χ2v) is 7.67. The topological polar surface area (TPSA) is 67.2 Å². The molecular formula is C21H27ClN4O2. The highest BCUT2D eigenvalue weighted by Gasteiger charge is 2.29. The number of amides is 2. The van der Waals surface area contributed by atoms with Gasteiger partial charge in [-0.3, -0.25) is 14.3 Å². The van der Waals surface area contributed by atoms with Gasteiger partial charge in [0.05, 0.1) is 11.3 Å². The van der Waals surface area contributed by atoms with Crippen molar-refractivity contribution in [3.05, 3.63) is 52.3 Å². The Labute approximate surface area is 170 Å². The van der Waals surface area contributed by atoms with Gasteiger partial charge in [-0.25, -0.2) is 0 Å². The highest BCUT2D eigenvalue weighted by atomic mass is 35.5. The molecule has 0 atom stereocenters. The first kappa shape index (κ1) is 20.4. The van der Waals surface area contributed by atoms with Crippen molar-refractivity contribution in [3.63, 3.8) is 0 Å². The number of halogens is 1. The summed E-state index contributed by atoms with van der Waals surface area (Å²) < 4.78 is 1.83. The van der Waals surface area contributed by atoms with Crippen LogP contribution in [0.1, 0.15) is 47.8 Å². The minimum absolute atomic E-state index is 0.00905. The zero-order valence-electron chi connectivity index (χ0n) is 16.4. The number of aromatic nitrogens is 2. The monoisotopic (exact) mass is 402 g/mol. The number of carbonyl (C=O) groups is 2. The van der Waals surface area contributed by atoms with Crippen LogP contribution >= 0.6 is 11.6 Å². The lowest BCUT2D eigenvalue weighted by molar-refractivity contribution is -0.126. The molecule has 7 heteroatoms. The van der Waals surface area contributed by atoms with Gasteiger partial charge in [-0.05, 0) is 37.8 Å². The number of hydrogen-bond donors (Lipinski definition) is 1. The van der Waals surface area contributed by atoms with Crippen molar-refractivity contribution < 1.29 is 9.59 Å². The van der Waals surface area contributed by atoms with Crippen LogP contribution in [-0.4, -0.2) is 39.6 Å². The van der Waals surface area contributed by atoms with Crippen LogP contribution in [-0.2, 0) is 17.9 Å². The van der Waals surface area contributed by atoms with Crippen molar-refractivity contribution in [1.29, 1.82) is 0 Å². The molecule has 0 aliphatic carbocycles. The Morgan fingerprint density at radius 1 is 1.25 bits per heavy atom. The van der Waals surface area contributed by atoms with Crippen LogP contribution in [0.3, 0.4) is 0 Å². The molecule has 0 radical (unpaired) electrons. The molecule has 2 heterocycles. The fourth-order valence-corrected chi connectivity index (χ4v) is 3.76. The van der Waals surface area contributed by atoms with Gasteiger partial charge < -0.3 is 10.2 Å². The summed E-state index contributed by atoms with van der Waals surface area (Å²) in [5, 5.41) is 8.04. The van der Waals surface area contributed by atoms with Gasteiger partial charge in [-0.1, -0.05) is 36.7 Å². The number of rotatable bonds is 6. The van der Waals surface area contributed by atoms with Crippen LogP contribution in [0.4, 0.5) is 0 Å². The second kappa shape index (κ2) is 9.24. The number of nitrogens with zero attached hydrogens (tertiary/aromatic N) is 3. The number of hydrogen-bond acceptors (Lipinski definition) is 3. The second-order valence-electron chi connectivity index (χ2n) is 7.27. The third kappa shape index (κ3) is 4.73. The van der Waals surface area contributed by atoms with Gasteiger partial charge >= 0.3 is 0 Å². The molecule has 1 aliphatic heterocycles. The number of carbonyl (C=O) groups excluding carboxylic acids is 2. The van der Waals surface area contributed by atoms with E-state index in [9.17, 15) is 9.59 Å². The summed E-state index contributed by atoms with van der Waals surface area (Å²) in [4.78, 5) is 27.1. The van der Waals surface area contributed by atoms with Crippen molar-refractivity contribution >= 4 is 23.4 Å². The van der Waals surface area contributed by atoms with Crippen LogP contribution in [0.2, 0.25) is 5.02 Å². The molecule has 0 spiro atoms. The molecular weight excluding hydrogens is 376 g/mol. The fourth-order valence-electron chi connectivity index (χ4n) is 3.56. The number of benzene rings is 1. The lowest BCUT2D eigenvalue weighted by Crippen LogP contribution is -2.43. The van der Waals surface area contributed by atoms with Crippen molar-refractivity contribution in [2.45, 2.75) is 46.2 Å². The van der Waals surface area contributed by atoms with Crippen molar-refractivity contribution in [1.82, 2.24) is 20.0 Å². The smallest absolute Gasteiger partial charge is 0.257 e. The average Bonchev–Trinajstić information content (AvgIpc) is 3.07. The normalized spacial score (nSPS) is 14.9. The largest absolute Gasteiger partial charge is 0.352 e. The van der Waals surface area contributed by atoms with Crippen LogP contribution in [0.15, 0.2) is 30.5 Å². The number of piperidine rings is 1. The fraction of sp³-hybridized carbons (Fsp3) is 0.476. The number of likely N-dealkylation sites (tertiary alicyclic amines) is 1. The van der Waals surface area contributed by atoms with Gasteiger partial charge in [0, 0.05) is 43.3 Å². The predicted molar refractivity (Wildman–Crippen MR) is 109 cm³/mol. The minimum atomic E-state index is -0.0737. The zero-order valence-corrected chi connectivity index (χ0v) is 17.2. The standard InChI is InChI=1S/C21H27ClN4O2/c1-3-10-26-14-18(15(2)24-26)21(28)25-11-8-16(9-12-25)20(27)23-13-17-6-4-5-7-19(17)22/h4-7,14,16H,3,8-13H2,1-2H3,(H,23,27). The Bertz CT molecular complexity index is 841. The summed E-state index contributed by atoms with van der Waals surface area (Å²) >= 11 is 6.14. The van der Waals surface area contributed by atoms with Crippen LogP contribution in [0.25, 0.3) is 0 Å². The minimum Gasteiger partial charge on any atom is -0.352 e. The molecule has 2 amide bonds. The summed E-state index contributed by atoms with van der Waals surface area (Å²) in [7, 11) is 0. The van der Waals surface area contributed by atoms with Gasteiger partial charge in [0.2, 0.25) is 5.91 Å². The molecule has 3 rings (SSSR count). The van der Waals surface area contributed by atoms with E-state index in [1.165, 1.54) is 0 Å². The van der Waals surface area contributed by atoms with Crippen LogP contribution in [0, 0.1) is 12.8 Å². The van der Waals surface area contributed by atoms with E-state index >= 15 is 0 Å². The van der Waals surface area contributed by atoms with E-state index in [1.807, 2.05) is 47.0 Å². The first-order valence-corrected chi connectivity index (χ1v) is 10.2. The quantitative estimate of drug-likeness (QED) is 0.804. The summed E-state index contributed by atoms with van der Waals surface area (Å²) in [6, 6.07) is 7.50. The Morgan fingerprint density at radius 3 is 2.64 bits per heavy atom. The highest BCUT2D eigenvalue weighted by molar-refractivity contribution is 6.31. The van der Waals surface area contributed by atoms with E-state index < -0.39 is 0 Å². The third-order valence-electron chi connectivity index (χ3n) is 5.19. The Morgan fingerprint density at radius 2 is 1.96 bits per heavy atom. The molecule has 0 bridgehead atoms. The van der Waals surface area contributed by atoms with Crippen LogP contribution in [0.5, 0.6) is 0 Å². The third-order valence-corrected chi connectivity index (χ3v) is 5.56. The van der Waals surface area contributed by atoms with Crippen molar-refractivity contribution in [3.8, 4) is 0 Å². The maximum Gasteiger partial charge on any atom is 0.257 e. The molecule has 6 nitrogen and oxygen atoms in total. The summed E-state index contributed by atoms with van der Waals surface area (Å²) in [5.74, 6) is -0.0378. The molecule has 1 aliphatic rings. The maximum atomic E-state index is 12.8. The molecule has 0 unspecified atom stereocenters. The molecule has 1 saturated heterocycles. The zero-order chi connectivity index (χ0) is 20.1. The summed E-state index contributed by atoms with van der Waals surface area (Å²) in [6.45, 7) is 6.35. The lowest BCUT2D eigenvalue weighted by atomic mass is 9.95. The van der Waals surface area contributed by atoms with Gasteiger partial charge in [0.1, 0.15) is 0 Å². The average molecular weight is 403 g/mol. The summed E-state index contributed by atoms with van der Waals surface area (Å²) in [5.41, 5.74) is 2.33. The van der Waals surface area contributed by atoms with Crippen LogP contribution < -0.4 is 5.32 Å².